The molecule has 0 radical (unpaired) electrons. The summed E-state index contributed by atoms with van der Waals surface area (Å²) in [6.45, 7) is 5.31. The van der Waals surface area contributed by atoms with Crippen molar-refractivity contribution in [1.82, 2.24) is 0 Å². The summed E-state index contributed by atoms with van der Waals surface area (Å²) in [7, 11) is 0. The molecule has 25 heavy (non-hydrogen) atoms. The molecule has 0 bridgehead atoms. The summed E-state index contributed by atoms with van der Waals surface area (Å²) in [6.07, 6.45) is -2.48. The van der Waals surface area contributed by atoms with E-state index in [1.165, 1.54) is 0 Å². The van der Waals surface area contributed by atoms with Crippen molar-refractivity contribution < 1.29 is 38.4 Å². The molecule has 1 aliphatic rings. The monoisotopic (exact) mass is 360 g/mol. The molecule has 0 aromatic heterocycles. The van der Waals surface area contributed by atoms with E-state index in [0.717, 1.165) is 0 Å². The third-order valence-electron chi connectivity index (χ3n) is 3.58. The first kappa shape index (κ1) is 21.4. The molecule has 0 spiro atoms. The van der Waals surface area contributed by atoms with Gasteiger partial charge in [0.1, 0.15) is 0 Å². The lowest BCUT2D eigenvalue weighted by molar-refractivity contribution is -0.268. The zero-order valence-corrected chi connectivity index (χ0v) is 15.1. The van der Waals surface area contributed by atoms with Crippen LogP contribution in [0, 0.1) is 0 Å². The van der Waals surface area contributed by atoms with E-state index in [1.807, 2.05) is 20.8 Å². The van der Waals surface area contributed by atoms with Crippen LogP contribution in [0.5, 0.6) is 0 Å². The molecule has 1 N–H and O–H groups in total. The highest BCUT2D eigenvalue weighted by Crippen LogP contribution is 2.24. The molecule has 1 heterocycles. The lowest BCUT2D eigenvalue weighted by Crippen LogP contribution is -2.57. The third-order valence-corrected chi connectivity index (χ3v) is 3.58. The predicted octanol–water partition coefficient (Wildman–Crippen LogP) is 1.47. The Morgan fingerprint density at radius 2 is 1.28 bits per heavy atom. The number of carbonyl (C=O) groups excluding carboxylic acids is 3. The number of rotatable bonds is 9. The molecule has 0 saturated carbocycles. The van der Waals surface area contributed by atoms with Gasteiger partial charge in [0.2, 0.25) is 0 Å². The smallest absolute Gasteiger partial charge is 0.306 e. The Morgan fingerprint density at radius 3 is 1.76 bits per heavy atom. The van der Waals surface area contributed by atoms with Gasteiger partial charge in [0.15, 0.2) is 24.6 Å². The van der Waals surface area contributed by atoms with E-state index in [-0.39, 0.29) is 25.9 Å². The number of carbonyl (C=O) groups is 3. The van der Waals surface area contributed by atoms with Crippen LogP contribution in [0.25, 0.3) is 0 Å². The maximum atomic E-state index is 11.9. The van der Waals surface area contributed by atoms with Gasteiger partial charge in [-0.05, 0) is 19.3 Å². The van der Waals surface area contributed by atoms with E-state index in [4.69, 9.17) is 18.9 Å². The Labute approximate surface area is 147 Å². The van der Waals surface area contributed by atoms with Crippen molar-refractivity contribution in [3.8, 4) is 0 Å². The number of hydrogen-bond acceptors (Lipinski definition) is 8. The Kier molecular flexibility index (Phi) is 9.44. The molecule has 8 nitrogen and oxygen atoms in total. The van der Waals surface area contributed by atoms with Crippen molar-refractivity contribution in [2.45, 2.75) is 83.9 Å². The van der Waals surface area contributed by atoms with Crippen molar-refractivity contribution >= 4 is 17.9 Å². The molecule has 0 amide bonds. The number of hydrogen-bond donors (Lipinski definition) is 1. The quantitative estimate of drug-likeness (QED) is 0.486. The lowest BCUT2D eigenvalue weighted by atomic mass is 10.0. The predicted molar refractivity (Wildman–Crippen MR) is 86.3 cm³/mol. The topological polar surface area (TPSA) is 108 Å². The maximum Gasteiger partial charge on any atom is 0.306 e. The van der Waals surface area contributed by atoms with Gasteiger partial charge in [-0.15, -0.1) is 0 Å². The van der Waals surface area contributed by atoms with E-state index in [0.29, 0.717) is 19.3 Å². The Morgan fingerprint density at radius 1 is 0.840 bits per heavy atom. The van der Waals surface area contributed by atoms with Gasteiger partial charge in [0, 0.05) is 19.3 Å². The van der Waals surface area contributed by atoms with E-state index in [9.17, 15) is 19.5 Å². The molecule has 1 fully saturated rings. The van der Waals surface area contributed by atoms with Crippen LogP contribution in [0.15, 0.2) is 0 Å². The highest BCUT2D eigenvalue weighted by molar-refractivity contribution is 5.71. The van der Waals surface area contributed by atoms with E-state index < -0.39 is 42.5 Å². The first-order valence-electron chi connectivity index (χ1n) is 8.80. The SMILES string of the molecule is CCCC(=O)OC1[C@@H](OC(=O)CCC)C(O)OC[C@H]1OC(=O)CCC. The van der Waals surface area contributed by atoms with Crippen LogP contribution in [-0.2, 0) is 33.3 Å². The molecular weight excluding hydrogens is 332 g/mol. The average Bonchev–Trinajstić information content (AvgIpc) is 2.54. The zero-order valence-electron chi connectivity index (χ0n) is 15.1. The van der Waals surface area contributed by atoms with Crippen molar-refractivity contribution in [2.24, 2.45) is 0 Å². The summed E-state index contributed by atoms with van der Waals surface area (Å²) in [5, 5.41) is 10.0. The summed E-state index contributed by atoms with van der Waals surface area (Å²) >= 11 is 0. The number of aliphatic hydroxyl groups excluding tert-OH is 1. The fourth-order valence-electron chi connectivity index (χ4n) is 2.39. The normalized spacial score (nSPS) is 25.9. The van der Waals surface area contributed by atoms with E-state index >= 15 is 0 Å². The minimum Gasteiger partial charge on any atom is -0.456 e. The molecule has 0 aromatic rings. The highest BCUT2D eigenvalue weighted by atomic mass is 16.7. The van der Waals surface area contributed by atoms with Crippen LogP contribution in [0.4, 0.5) is 0 Å². The summed E-state index contributed by atoms with van der Waals surface area (Å²) in [4.78, 5) is 35.5. The lowest BCUT2D eigenvalue weighted by Gasteiger charge is -2.38. The van der Waals surface area contributed by atoms with Gasteiger partial charge in [-0.25, -0.2) is 0 Å². The summed E-state index contributed by atoms with van der Waals surface area (Å²) < 4.78 is 21.0. The minimum atomic E-state index is -1.46. The Bertz CT molecular complexity index is 450. The van der Waals surface area contributed by atoms with Gasteiger partial charge < -0.3 is 24.1 Å². The van der Waals surface area contributed by atoms with Gasteiger partial charge in [-0.2, -0.15) is 0 Å². The average molecular weight is 360 g/mol. The zero-order chi connectivity index (χ0) is 18.8. The van der Waals surface area contributed by atoms with Crippen LogP contribution >= 0.6 is 0 Å². The molecule has 1 aliphatic heterocycles. The van der Waals surface area contributed by atoms with Crippen LogP contribution in [0.3, 0.4) is 0 Å². The molecule has 8 heteroatoms. The number of aliphatic hydroxyl groups is 1. The Hall–Kier alpha value is -1.67. The van der Waals surface area contributed by atoms with Crippen molar-refractivity contribution in [2.75, 3.05) is 6.61 Å². The van der Waals surface area contributed by atoms with Crippen LogP contribution in [0.1, 0.15) is 59.3 Å². The number of ether oxygens (including phenoxy) is 4. The Balaban J connectivity index is 2.91. The second kappa shape index (κ2) is 11.0. The first-order chi connectivity index (χ1) is 11.9. The van der Waals surface area contributed by atoms with Gasteiger partial charge >= 0.3 is 17.9 Å². The standard InChI is InChI=1S/C17H28O8/c1-4-7-12(18)23-11-10-22-17(21)16(25-14(20)9-6-3)15(11)24-13(19)8-5-2/h11,15-17,21H,4-10H2,1-3H3/t11-,15?,16-,17?/m1/s1. The summed E-state index contributed by atoms with van der Waals surface area (Å²) in [5.74, 6) is -1.54. The molecule has 1 rings (SSSR count). The number of esters is 3. The maximum absolute atomic E-state index is 11.9. The van der Waals surface area contributed by atoms with Gasteiger partial charge in [0.05, 0.1) is 6.61 Å². The van der Waals surface area contributed by atoms with Crippen LogP contribution < -0.4 is 0 Å². The van der Waals surface area contributed by atoms with Crippen molar-refractivity contribution in [3.05, 3.63) is 0 Å². The largest absolute Gasteiger partial charge is 0.456 e. The molecule has 1 saturated heterocycles. The fraction of sp³-hybridized carbons (Fsp3) is 0.824. The van der Waals surface area contributed by atoms with Crippen LogP contribution in [-0.4, -0.2) is 54.2 Å². The second-order valence-electron chi connectivity index (χ2n) is 5.91. The molecule has 144 valence electrons. The highest BCUT2D eigenvalue weighted by Gasteiger charge is 2.46. The van der Waals surface area contributed by atoms with Gasteiger partial charge in [0.25, 0.3) is 0 Å². The first-order valence-corrected chi connectivity index (χ1v) is 8.80. The van der Waals surface area contributed by atoms with Crippen molar-refractivity contribution in [3.63, 3.8) is 0 Å². The van der Waals surface area contributed by atoms with Gasteiger partial charge in [-0.1, -0.05) is 20.8 Å². The molecule has 0 aliphatic carbocycles. The summed E-state index contributed by atoms with van der Waals surface area (Å²) in [5.41, 5.74) is 0. The van der Waals surface area contributed by atoms with Crippen molar-refractivity contribution in [1.29, 1.82) is 0 Å². The summed E-state index contributed by atoms with van der Waals surface area (Å²) in [6, 6.07) is 0. The molecular formula is C17H28O8. The van der Waals surface area contributed by atoms with Gasteiger partial charge in [-0.3, -0.25) is 14.4 Å². The minimum absolute atomic E-state index is 0.150. The van der Waals surface area contributed by atoms with E-state index in [1.54, 1.807) is 0 Å². The second-order valence-corrected chi connectivity index (χ2v) is 5.91. The third kappa shape index (κ3) is 6.99. The molecule has 4 atom stereocenters. The molecule has 2 unspecified atom stereocenters. The fourth-order valence-corrected chi connectivity index (χ4v) is 2.39. The van der Waals surface area contributed by atoms with Crippen LogP contribution in [0.2, 0.25) is 0 Å². The van der Waals surface area contributed by atoms with E-state index in [2.05, 4.69) is 0 Å². The molecule has 0 aromatic carbocycles.